The molecule has 0 bridgehead atoms. The van der Waals surface area contributed by atoms with Gasteiger partial charge in [-0.3, -0.25) is 24.3 Å². The molecule has 0 radical (unpaired) electrons. The quantitative estimate of drug-likeness (QED) is 0.619. The van der Waals surface area contributed by atoms with Crippen LogP contribution in [0.4, 0.5) is 0 Å². The van der Waals surface area contributed by atoms with E-state index < -0.39 is 11.9 Å². The third-order valence-electron chi connectivity index (χ3n) is 4.77. The van der Waals surface area contributed by atoms with E-state index in [1.807, 2.05) is 4.90 Å². The number of primary amides is 1. The van der Waals surface area contributed by atoms with Crippen molar-refractivity contribution in [2.24, 2.45) is 11.7 Å². The molecule has 2 aliphatic carbocycles. The fourth-order valence-corrected chi connectivity index (χ4v) is 3.09. The van der Waals surface area contributed by atoms with E-state index in [0.29, 0.717) is 5.92 Å². The molecule has 134 valence electrons. The minimum absolute atomic E-state index is 0.0191. The van der Waals surface area contributed by atoms with Gasteiger partial charge in [-0.1, -0.05) is 0 Å². The highest BCUT2D eigenvalue weighted by Gasteiger charge is 2.37. The van der Waals surface area contributed by atoms with Crippen molar-refractivity contribution in [1.29, 1.82) is 0 Å². The van der Waals surface area contributed by atoms with Crippen LogP contribution in [-0.2, 0) is 4.79 Å². The number of carboxylic acids is 1. The Morgan fingerprint density at radius 1 is 1.28 bits per heavy atom. The van der Waals surface area contributed by atoms with Gasteiger partial charge in [-0.15, -0.1) is 0 Å². The minimum Gasteiger partial charge on any atom is -0.480 e. The first-order valence-electron chi connectivity index (χ1n) is 8.45. The number of pyridine rings is 1. The lowest BCUT2D eigenvalue weighted by atomic mass is 9.85. The molecule has 2 fully saturated rings. The molecule has 0 saturated heterocycles. The fourth-order valence-electron chi connectivity index (χ4n) is 3.09. The Balaban J connectivity index is 1.49. The number of carboxylic acid groups (broad SMARTS) is 1. The standard InChI is InChI=1S/C17H22N4O4/c18-16(24)11-3-4-14(19-7-11)17(25)20-12-5-13(6-12)21(9-15(22)23)8-10-1-2-10/h3-4,7,10,12-13H,1-2,5-6,8-9H2,(H2,18,24)(H,20,25)(H,22,23). The first kappa shape index (κ1) is 17.3. The molecule has 2 amide bonds. The molecule has 2 aliphatic rings. The Hall–Kier alpha value is -2.48. The number of rotatable bonds is 8. The molecule has 3 rings (SSSR count). The molecule has 1 heterocycles. The predicted octanol–water partition coefficient (Wildman–Crippen LogP) is 0.238. The topological polar surface area (TPSA) is 126 Å². The molecule has 0 aromatic carbocycles. The van der Waals surface area contributed by atoms with Crippen molar-refractivity contribution in [3.8, 4) is 0 Å². The first-order chi connectivity index (χ1) is 11.9. The number of nitrogens with zero attached hydrogens (tertiary/aromatic N) is 2. The highest BCUT2D eigenvalue weighted by molar-refractivity contribution is 5.95. The second kappa shape index (κ2) is 7.18. The van der Waals surface area contributed by atoms with Gasteiger partial charge in [0.05, 0.1) is 12.1 Å². The van der Waals surface area contributed by atoms with Gasteiger partial charge in [-0.2, -0.15) is 0 Å². The Kier molecular flexibility index (Phi) is 4.98. The van der Waals surface area contributed by atoms with E-state index >= 15 is 0 Å². The molecule has 1 aromatic heterocycles. The van der Waals surface area contributed by atoms with Crippen LogP contribution in [0.5, 0.6) is 0 Å². The average Bonchev–Trinajstić information content (AvgIpc) is 3.33. The van der Waals surface area contributed by atoms with Crippen LogP contribution in [-0.4, -0.2) is 57.9 Å². The summed E-state index contributed by atoms with van der Waals surface area (Å²) in [6, 6.07) is 3.16. The second-order valence-corrected chi connectivity index (χ2v) is 6.86. The minimum atomic E-state index is -0.813. The van der Waals surface area contributed by atoms with Crippen LogP contribution >= 0.6 is 0 Å². The summed E-state index contributed by atoms with van der Waals surface area (Å²) in [6.45, 7) is 0.881. The summed E-state index contributed by atoms with van der Waals surface area (Å²) in [5.74, 6) is -1.07. The molecule has 8 heteroatoms. The van der Waals surface area contributed by atoms with Crippen LogP contribution in [0.2, 0.25) is 0 Å². The Morgan fingerprint density at radius 3 is 2.52 bits per heavy atom. The molecule has 0 aliphatic heterocycles. The van der Waals surface area contributed by atoms with Gasteiger partial charge >= 0.3 is 5.97 Å². The van der Waals surface area contributed by atoms with Crippen LogP contribution in [0.3, 0.4) is 0 Å². The lowest BCUT2D eigenvalue weighted by Gasteiger charge is -2.42. The third kappa shape index (κ3) is 4.54. The van der Waals surface area contributed by atoms with Gasteiger partial charge in [0.2, 0.25) is 5.91 Å². The molecule has 0 spiro atoms. The number of carbonyl (C=O) groups excluding carboxylic acids is 2. The molecule has 8 nitrogen and oxygen atoms in total. The first-order valence-corrected chi connectivity index (χ1v) is 8.45. The second-order valence-electron chi connectivity index (χ2n) is 6.86. The Morgan fingerprint density at radius 2 is 2.00 bits per heavy atom. The van der Waals surface area contributed by atoms with E-state index in [9.17, 15) is 14.4 Å². The average molecular weight is 346 g/mol. The van der Waals surface area contributed by atoms with Crippen LogP contribution in [0.1, 0.15) is 46.5 Å². The number of nitrogens with two attached hydrogens (primary N) is 1. The zero-order valence-electron chi connectivity index (χ0n) is 13.9. The summed E-state index contributed by atoms with van der Waals surface area (Å²) in [4.78, 5) is 40.2. The summed E-state index contributed by atoms with van der Waals surface area (Å²) < 4.78 is 0. The number of hydrogen-bond acceptors (Lipinski definition) is 5. The molecular formula is C17H22N4O4. The van der Waals surface area contributed by atoms with Crippen LogP contribution in [0, 0.1) is 5.92 Å². The van der Waals surface area contributed by atoms with Crippen molar-refractivity contribution in [2.45, 2.75) is 37.8 Å². The van der Waals surface area contributed by atoms with Gasteiger partial charge < -0.3 is 16.2 Å². The smallest absolute Gasteiger partial charge is 0.317 e. The van der Waals surface area contributed by atoms with Crippen LogP contribution in [0.25, 0.3) is 0 Å². The number of aromatic nitrogens is 1. The summed E-state index contributed by atoms with van der Waals surface area (Å²) in [5.41, 5.74) is 5.63. The maximum Gasteiger partial charge on any atom is 0.317 e. The molecule has 0 atom stereocenters. The van der Waals surface area contributed by atoms with Crippen molar-refractivity contribution >= 4 is 17.8 Å². The zero-order chi connectivity index (χ0) is 18.0. The van der Waals surface area contributed by atoms with Gasteiger partial charge in [-0.25, -0.2) is 0 Å². The van der Waals surface area contributed by atoms with Gasteiger partial charge in [0.15, 0.2) is 0 Å². The fraction of sp³-hybridized carbons (Fsp3) is 0.529. The maximum absolute atomic E-state index is 12.2. The van der Waals surface area contributed by atoms with E-state index in [1.165, 1.54) is 31.2 Å². The molecule has 4 N–H and O–H groups in total. The van der Waals surface area contributed by atoms with Crippen molar-refractivity contribution in [1.82, 2.24) is 15.2 Å². The van der Waals surface area contributed by atoms with Crippen LogP contribution < -0.4 is 11.1 Å². The van der Waals surface area contributed by atoms with Crippen molar-refractivity contribution in [3.63, 3.8) is 0 Å². The molecule has 1 aromatic rings. The lowest BCUT2D eigenvalue weighted by Crippen LogP contribution is -2.55. The molecule has 0 unspecified atom stereocenters. The largest absolute Gasteiger partial charge is 0.480 e. The monoisotopic (exact) mass is 346 g/mol. The highest BCUT2D eigenvalue weighted by atomic mass is 16.4. The van der Waals surface area contributed by atoms with Crippen molar-refractivity contribution < 1.29 is 19.5 Å². The molecule has 2 saturated carbocycles. The van der Waals surface area contributed by atoms with E-state index in [1.54, 1.807) is 0 Å². The molecular weight excluding hydrogens is 324 g/mol. The van der Waals surface area contributed by atoms with Gasteiger partial charge in [0, 0.05) is 24.8 Å². The Bertz CT molecular complexity index is 666. The van der Waals surface area contributed by atoms with E-state index in [2.05, 4.69) is 10.3 Å². The summed E-state index contributed by atoms with van der Waals surface area (Å²) in [5, 5.41) is 12.0. The molecule has 25 heavy (non-hydrogen) atoms. The van der Waals surface area contributed by atoms with E-state index in [0.717, 1.165) is 19.4 Å². The number of carbonyl (C=O) groups is 3. The number of hydrogen-bond donors (Lipinski definition) is 3. The number of aliphatic carboxylic acids is 1. The van der Waals surface area contributed by atoms with E-state index in [-0.39, 0.29) is 35.8 Å². The van der Waals surface area contributed by atoms with Gasteiger partial charge in [-0.05, 0) is 43.7 Å². The van der Waals surface area contributed by atoms with E-state index in [4.69, 9.17) is 10.8 Å². The lowest BCUT2D eigenvalue weighted by molar-refractivity contribution is -0.139. The number of amides is 2. The third-order valence-corrected chi connectivity index (χ3v) is 4.77. The maximum atomic E-state index is 12.2. The highest BCUT2D eigenvalue weighted by Crippen LogP contribution is 2.33. The normalized spacial score (nSPS) is 22.3. The Labute approximate surface area is 145 Å². The predicted molar refractivity (Wildman–Crippen MR) is 89.0 cm³/mol. The van der Waals surface area contributed by atoms with Gasteiger partial charge in [0.1, 0.15) is 5.69 Å². The van der Waals surface area contributed by atoms with Gasteiger partial charge in [0.25, 0.3) is 5.91 Å². The van der Waals surface area contributed by atoms with Crippen molar-refractivity contribution in [2.75, 3.05) is 13.1 Å². The zero-order valence-corrected chi connectivity index (χ0v) is 13.9. The number of nitrogens with one attached hydrogen (secondary N) is 1. The summed E-state index contributed by atoms with van der Waals surface area (Å²) in [7, 11) is 0. The summed E-state index contributed by atoms with van der Waals surface area (Å²) >= 11 is 0. The van der Waals surface area contributed by atoms with Crippen LogP contribution in [0.15, 0.2) is 18.3 Å². The van der Waals surface area contributed by atoms with Crippen molar-refractivity contribution in [3.05, 3.63) is 29.6 Å². The summed E-state index contributed by atoms with van der Waals surface area (Å²) in [6.07, 6.45) is 5.12. The SMILES string of the molecule is NC(=O)c1ccc(C(=O)NC2CC(N(CC(=O)O)CC3CC3)C2)nc1.